The highest BCUT2D eigenvalue weighted by Crippen LogP contribution is 2.56. The van der Waals surface area contributed by atoms with Gasteiger partial charge in [-0.3, -0.25) is 0 Å². The molecule has 0 saturated carbocycles. The van der Waals surface area contributed by atoms with Gasteiger partial charge >= 0.3 is 0 Å². The molecule has 2 nitrogen and oxygen atoms in total. The lowest BCUT2D eigenvalue weighted by atomic mass is 9.24. The molecule has 2 heterocycles. The van der Waals surface area contributed by atoms with Gasteiger partial charge in [0, 0.05) is 28.6 Å². The molecule has 1 saturated heterocycles. The van der Waals surface area contributed by atoms with Crippen LogP contribution in [-0.4, -0.2) is 18.8 Å². The summed E-state index contributed by atoms with van der Waals surface area (Å²) in [7, 11) is 0. The van der Waals surface area contributed by atoms with Crippen LogP contribution in [0.2, 0.25) is 11.6 Å². The maximum Gasteiger partial charge on any atom is 0.200 e. The molecule has 4 atom stereocenters. The summed E-state index contributed by atoms with van der Waals surface area (Å²) in [6.07, 6.45) is 12.5. The minimum absolute atomic E-state index is 0.0364. The SMILES string of the molecule is CC1=CC2B3c4cc(C)ccc4N(c4ccc(C)cc4)C4C=C(C(C)(C)C)C=C(C34)N(c3ccc(C)cc3)C2C=C1. The normalized spacial score (nSPS) is 24.7. The molecule has 0 aromatic heterocycles. The Morgan fingerprint density at radius 2 is 1.29 bits per heavy atom. The van der Waals surface area contributed by atoms with Crippen molar-refractivity contribution in [2.75, 3.05) is 9.80 Å². The predicted octanol–water partition coefficient (Wildman–Crippen LogP) is 8.85. The van der Waals surface area contributed by atoms with Crippen LogP contribution in [0.25, 0.3) is 0 Å². The van der Waals surface area contributed by atoms with Crippen molar-refractivity contribution in [2.24, 2.45) is 5.41 Å². The molecule has 41 heavy (non-hydrogen) atoms. The first-order chi connectivity index (χ1) is 19.6. The van der Waals surface area contributed by atoms with Crippen molar-refractivity contribution in [3.63, 3.8) is 0 Å². The molecule has 0 spiro atoms. The summed E-state index contributed by atoms with van der Waals surface area (Å²) < 4.78 is 0. The summed E-state index contributed by atoms with van der Waals surface area (Å²) in [5, 5.41) is 0. The molecule has 0 bridgehead atoms. The van der Waals surface area contributed by atoms with Gasteiger partial charge in [-0.2, -0.15) is 0 Å². The summed E-state index contributed by atoms with van der Waals surface area (Å²) >= 11 is 0. The number of benzene rings is 3. The van der Waals surface area contributed by atoms with Crippen molar-refractivity contribution in [1.29, 1.82) is 0 Å². The molecule has 0 N–H and O–H groups in total. The van der Waals surface area contributed by atoms with Crippen molar-refractivity contribution >= 4 is 29.2 Å². The minimum Gasteiger partial charge on any atom is -0.339 e. The van der Waals surface area contributed by atoms with E-state index in [-0.39, 0.29) is 17.5 Å². The molecule has 2 aliphatic heterocycles. The molecule has 7 rings (SSSR count). The Hall–Kier alpha value is -3.72. The summed E-state index contributed by atoms with van der Waals surface area (Å²) in [5.74, 6) is 0.714. The molecule has 1 fully saturated rings. The molecular weight excluding hydrogens is 495 g/mol. The summed E-state index contributed by atoms with van der Waals surface area (Å²) in [5.41, 5.74) is 13.6. The van der Waals surface area contributed by atoms with E-state index in [0.717, 1.165) is 0 Å². The number of anilines is 3. The van der Waals surface area contributed by atoms with Gasteiger partial charge in [0.25, 0.3) is 0 Å². The summed E-state index contributed by atoms with van der Waals surface area (Å²) in [4.78, 5) is 5.33. The van der Waals surface area contributed by atoms with Gasteiger partial charge in [-0.15, -0.1) is 0 Å². The van der Waals surface area contributed by atoms with Crippen LogP contribution in [0.3, 0.4) is 0 Å². The molecule has 206 valence electrons. The molecule has 4 aliphatic rings. The first-order valence-corrected chi connectivity index (χ1v) is 15.2. The van der Waals surface area contributed by atoms with E-state index in [4.69, 9.17) is 0 Å². The second-order valence-electron chi connectivity index (χ2n) is 13.8. The van der Waals surface area contributed by atoms with Gasteiger partial charge in [-0.05, 0) is 80.9 Å². The lowest BCUT2D eigenvalue weighted by molar-refractivity contribution is 0.499. The van der Waals surface area contributed by atoms with Crippen molar-refractivity contribution in [3.8, 4) is 0 Å². The number of fused-ring (bicyclic) bond motifs is 4. The average molecular weight is 537 g/mol. The Labute approximate surface area is 246 Å². The first-order valence-electron chi connectivity index (χ1n) is 15.2. The van der Waals surface area contributed by atoms with E-state index >= 15 is 0 Å². The van der Waals surface area contributed by atoms with Crippen LogP contribution >= 0.6 is 0 Å². The largest absolute Gasteiger partial charge is 0.339 e. The van der Waals surface area contributed by atoms with Crippen molar-refractivity contribution in [2.45, 2.75) is 72.2 Å². The lowest BCUT2D eigenvalue weighted by Gasteiger charge is -2.58. The van der Waals surface area contributed by atoms with Crippen molar-refractivity contribution in [3.05, 3.63) is 131 Å². The van der Waals surface area contributed by atoms with E-state index in [1.54, 1.807) is 0 Å². The number of hydrogen-bond donors (Lipinski definition) is 0. The zero-order chi connectivity index (χ0) is 28.6. The van der Waals surface area contributed by atoms with Gasteiger partial charge < -0.3 is 9.80 Å². The monoisotopic (exact) mass is 536 g/mol. The quantitative estimate of drug-likeness (QED) is 0.302. The fourth-order valence-electron chi connectivity index (χ4n) is 7.68. The standard InChI is InChI=1S/C38H41BN2/c1-24-8-14-29(15-9-24)40-33-18-12-26(3)20-31(33)39-32-21-27(4)13-19-34(32)41(30-16-10-25(2)11-17-30)36-23-28(38(5,6)7)22-35(40)37(36)39/h8-23,31,33,36-37H,1-7H3. The third kappa shape index (κ3) is 4.24. The number of nitrogens with zero attached hydrogens (tertiary/aromatic N) is 2. The topological polar surface area (TPSA) is 6.48 Å². The predicted molar refractivity (Wildman–Crippen MR) is 177 cm³/mol. The molecule has 3 aromatic carbocycles. The Morgan fingerprint density at radius 1 is 0.683 bits per heavy atom. The Kier molecular flexibility index (Phi) is 6.01. The molecule has 3 heteroatoms. The summed E-state index contributed by atoms with van der Waals surface area (Å²) in [6.45, 7) is 16.4. The van der Waals surface area contributed by atoms with E-state index in [1.165, 1.54) is 56.1 Å². The Morgan fingerprint density at radius 3 is 1.93 bits per heavy atom. The second-order valence-corrected chi connectivity index (χ2v) is 13.8. The highest BCUT2D eigenvalue weighted by Gasteiger charge is 2.56. The number of rotatable bonds is 2. The lowest BCUT2D eigenvalue weighted by Crippen LogP contribution is -2.64. The Balaban J connectivity index is 1.53. The van der Waals surface area contributed by atoms with Gasteiger partial charge in [-0.1, -0.05) is 109 Å². The van der Waals surface area contributed by atoms with Crippen molar-refractivity contribution < 1.29 is 0 Å². The van der Waals surface area contributed by atoms with Crippen molar-refractivity contribution in [1.82, 2.24) is 0 Å². The van der Waals surface area contributed by atoms with Gasteiger partial charge in [0.05, 0.1) is 12.1 Å². The third-order valence-corrected chi connectivity index (χ3v) is 9.74. The maximum absolute atomic E-state index is 2.69. The minimum atomic E-state index is 0.0364. The van der Waals surface area contributed by atoms with Gasteiger partial charge in [0.1, 0.15) is 0 Å². The molecule has 0 radical (unpaired) electrons. The van der Waals surface area contributed by atoms with Gasteiger partial charge in [-0.25, -0.2) is 0 Å². The smallest absolute Gasteiger partial charge is 0.200 e. The van der Waals surface area contributed by atoms with Gasteiger partial charge in [0.2, 0.25) is 6.71 Å². The fourth-order valence-corrected chi connectivity index (χ4v) is 7.68. The van der Waals surface area contributed by atoms with Crippen LogP contribution in [0.15, 0.2) is 114 Å². The highest BCUT2D eigenvalue weighted by molar-refractivity contribution is 6.80. The first kappa shape index (κ1) is 26.2. The Bertz CT molecular complexity index is 1630. The van der Waals surface area contributed by atoms with Crippen LogP contribution in [0.5, 0.6) is 0 Å². The number of hydrogen-bond acceptors (Lipinski definition) is 2. The van der Waals surface area contributed by atoms with Gasteiger partial charge in [0.15, 0.2) is 0 Å². The molecule has 4 unspecified atom stereocenters. The second kappa shape index (κ2) is 9.41. The van der Waals surface area contributed by atoms with Crippen LogP contribution < -0.4 is 15.3 Å². The zero-order valence-electron chi connectivity index (χ0n) is 25.5. The van der Waals surface area contributed by atoms with E-state index < -0.39 is 0 Å². The molecular formula is C38H41BN2. The highest BCUT2D eigenvalue weighted by atomic mass is 15.2. The van der Waals surface area contributed by atoms with E-state index in [1.807, 2.05) is 0 Å². The molecule has 2 aliphatic carbocycles. The van der Waals surface area contributed by atoms with E-state index in [2.05, 4.69) is 155 Å². The average Bonchev–Trinajstić information content (AvgIpc) is 2.93. The molecule has 3 aromatic rings. The summed E-state index contributed by atoms with van der Waals surface area (Å²) in [6, 6.07) is 26.0. The van der Waals surface area contributed by atoms with Crippen LogP contribution in [0.1, 0.15) is 44.4 Å². The third-order valence-electron chi connectivity index (χ3n) is 9.74. The zero-order valence-corrected chi connectivity index (χ0v) is 25.5. The molecule has 0 amide bonds. The van der Waals surface area contributed by atoms with Crippen LogP contribution in [-0.2, 0) is 0 Å². The van der Waals surface area contributed by atoms with E-state index in [0.29, 0.717) is 18.3 Å². The van der Waals surface area contributed by atoms with E-state index in [9.17, 15) is 0 Å². The number of allylic oxidation sites excluding steroid dienone is 4. The fraction of sp³-hybridized carbons (Fsp3) is 0.316. The van der Waals surface area contributed by atoms with Crippen LogP contribution in [0, 0.1) is 26.2 Å². The van der Waals surface area contributed by atoms with Crippen LogP contribution in [0.4, 0.5) is 17.1 Å². The number of aryl methyl sites for hydroxylation is 3. The maximum atomic E-state index is 2.69.